The molecule has 0 saturated heterocycles. The van der Waals surface area contributed by atoms with Gasteiger partial charge in [-0.2, -0.15) is 0 Å². The van der Waals surface area contributed by atoms with Crippen LogP contribution in [-0.4, -0.2) is 50.9 Å². The molecule has 1 amide bonds. The minimum Gasteiger partial charge on any atom is -0.373 e. The third-order valence-electron chi connectivity index (χ3n) is 3.24. The second-order valence-corrected chi connectivity index (χ2v) is 7.21. The van der Waals surface area contributed by atoms with Crippen molar-refractivity contribution in [3.8, 4) is 0 Å². The Morgan fingerprint density at radius 3 is 2.74 bits per heavy atom. The molecule has 1 atom stereocenters. The van der Waals surface area contributed by atoms with Gasteiger partial charge in [0.05, 0.1) is 5.75 Å². The van der Waals surface area contributed by atoms with E-state index in [1.165, 1.54) is 11.2 Å². The number of para-hydroxylation sites is 1. The van der Waals surface area contributed by atoms with Gasteiger partial charge in [0.15, 0.2) is 0 Å². The average molecular weight is 282 g/mol. The fraction of sp³-hybridized carbons (Fsp3) is 0.462. The maximum Gasteiger partial charge on any atom is 0.245 e. The maximum absolute atomic E-state index is 12.2. The molecular formula is C13H18N2O3S. The minimum absolute atomic E-state index is 0.00505. The number of sulfone groups is 1. The molecule has 0 aromatic heterocycles. The first-order valence-electron chi connectivity index (χ1n) is 6.14. The summed E-state index contributed by atoms with van der Waals surface area (Å²) >= 11 is 0. The van der Waals surface area contributed by atoms with E-state index >= 15 is 0 Å². The molecule has 1 N–H and O–H groups in total. The van der Waals surface area contributed by atoms with Crippen molar-refractivity contribution in [2.24, 2.45) is 0 Å². The van der Waals surface area contributed by atoms with Crippen molar-refractivity contribution in [2.45, 2.75) is 12.5 Å². The van der Waals surface area contributed by atoms with Gasteiger partial charge in [-0.3, -0.25) is 4.79 Å². The van der Waals surface area contributed by atoms with Gasteiger partial charge in [-0.1, -0.05) is 18.2 Å². The summed E-state index contributed by atoms with van der Waals surface area (Å²) in [6.07, 6.45) is 1.83. The predicted molar refractivity (Wildman–Crippen MR) is 74.9 cm³/mol. The van der Waals surface area contributed by atoms with Gasteiger partial charge in [-0.15, -0.1) is 0 Å². The Morgan fingerprint density at radius 1 is 1.42 bits per heavy atom. The lowest BCUT2D eigenvalue weighted by atomic mass is 10.1. The van der Waals surface area contributed by atoms with Gasteiger partial charge in [0, 0.05) is 32.0 Å². The van der Waals surface area contributed by atoms with Crippen molar-refractivity contribution in [3.63, 3.8) is 0 Å². The molecule has 1 heterocycles. The van der Waals surface area contributed by atoms with Gasteiger partial charge in [0.25, 0.3) is 0 Å². The summed E-state index contributed by atoms with van der Waals surface area (Å²) in [5, 5.41) is 3.17. The number of likely N-dealkylation sites (N-methyl/N-ethyl adjacent to an activating group) is 1. The summed E-state index contributed by atoms with van der Waals surface area (Å²) < 4.78 is 22.2. The van der Waals surface area contributed by atoms with E-state index in [2.05, 4.69) is 5.32 Å². The summed E-state index contributed by atoms with van der Waals surface area (Å²) in [5.41, 5.74) is 2.11. The molecule has 0 bridgehead atoms. The Balaban J connectivity index is 1.95. The molecule has 5 nitrogen and oxygen atoms in total. The van der Waals surface area contributed by atoms with Crippen molar-refractivity contribution >= 4 is 21.4 Å². The average Bonchev–Trinajstić information content (AvgIpc) is 2.77. The molecule has 104 valence electrons. The van der Waals surface area contributed by atoms with E-state index in [-0.39, 0.29) is 24.2 Å². The molecule has 0 aliphatic carbocycles. The number of hydrogen-bond acceptors (Lipinski definition) is 4. The Morgan fingerprint density at radius 2 is 2.11 bits per heavy atom. The second kappa shape index (κ2) is 5.21. The first-order chi connectivity index (χ1) is 8.87. The first-order valence-corrected chi connectivity index (χ1v) is 8.20. The lowest BCUT2D eigenvalue weighted by molar-refractivity contribution is -0.130. The van der Waals surface area contributed by atoms with E-state index in [9.17, 15) is 13.2 Å². The zero-order chi connectivity index (χ0) is 14.0. The van der Waals surface area contributed by atoms with Crippen molar-refractivity contribution in [3.05, 3.63) is 29.8 Å². The first kappa shape index (κ1) is 13.9. The highest BCUT2D eigenvalue weighted by molar-refractivity contribution is 7.90. The third kappa shape index (κ3) is 3.47. The molecule has 0 saturated carbocycles. The van der Waals surface area contributed by atoms with Crippen LogP contribution in [-0.2, 0) is 21.1 Å². The molecule has 0 fully saturated rings. The van der Waals surface area contributed by atoms with Crippen molar-refractivity contribution < 1.29 is 13.2 Å². The van der Waals surface area contributed by atoms with E-state index in [1.54, 1.807) is 7.05 Å². The SMILES string of the molecule is CN(CCS(C)(=O)=O)C(=O)C1Cc2ccccc2N1. The molecular weight excluding hydrogens is 264 g/mol. The highest BCUT2D eigenvalue weighted by Gasteiger charge is 2.28. The van der Waals surface area contributed by atoms with E-state index in [4.69, 9.17) is 0 Å². The molecule has 2 rings (SSSR count). The standard InChI is InChI=1S/C13H18N2O3S/c1-15(7-8-19(2,17)18)13(16)12-9-10-5-3-4-6-11(10)14-12/h3-6,12,14H,7-9H2,1-2H3. The van der Waals surface area contributed by atoms with Crippen LogP contribution in [0.1, 0.15) is 5.56 Å². The molecule has 6 heteroatoms. The summed E-state index contributed by atoms with van der Waals surface area (Å²) in [5.74, 6) is -0.0746. The van der Waals surface area contributed by atoms with Crippen molar-refractivity contribution in [1.29, 1.82) is 0 Å². The Bertz CT molecular complexity index is 558. The molecule has 0 radical (unpaired) electrons. The van der Waals surface area contributed by atoms with Gasteiger partial charge in [0.2, 0.25) is 5.91 Å². The predicted octanol–water partition coefficient (Wildman–Crippen LogP) is 0.526. The molecule has 0 spiro atoms. The fourth-order valence-electron chi connectivity index (χ4n) is 2.13. The van der Waals surface area contributed by atoms with Gasteiger partial charge >= 0.3 is 0 Å². The number of carbonyl (C=O) groups is 1. The smallest absolute Gasteiger partial charge is 0.245 e. The number of nitrogens with one attached hydrogen (secondary N) is 1. The quantitative estimate of drug-likeness (QED) is 0.874. The van der Waals surface area contributed by atoms with Crippen LogP contribution in [0.15, 0.2) is 24.3 Å². The monoisotopic (exact) mass is 282 g/mol. The van der Waals surface area contributed by atoms with Crippen LogP contribution < -0.4 is 5.32 Å². The zero-order valence-corrected chi connectivity index (χ0v) is 11.9. The molecule has 19 heavy (non-hydrogen) atoms. The number of carbonyl (C=O) groups excluding carboxylic acids is 1. The molecule has 1 aliphatic rings. The van der Waals surface area contributed by atoms with E-state index < -0.39 is 9.84 Å². The van der Waals surface area contributed by atoms with E-state index in [1.807, 2.05) is 24.3 Å². The Hall–Kier alpha value is -1.56. The molecule has 1 aromatic carbocycles. The van der Waals surface area contributed by atoms with E-state index in [0.29, 0.717) is 6.42 Å². The van der Waals surface area contributed by atoms with Gasteiger partial charge in [-0.25, -0.2) is 8.42 Å². The van der Waals surface area contributed by atoms with E-state index in [0.717, 1.165) is 11.3 Å². The summed E-state index contributed by atoms with van der Waals surface area (Å²) in [6.45, 7) is 0.228. The van der Waals surface area contributed by atoms with Crippen LogP contribution in [0.5, 0.6) is 0 Å². The van der Waals surface area contributed by atoms with Crippen LogP contribution in [0.25, 0.3) is 0 Å². The normalized spacial score (nSPS) is 17.7. The van der Waals surface area contributed by atoms with Crippen LogP contribution in [0.4, 0.5) is 5.69 Å². The van der Waals surface area contributed by atoms with Crippen LogP contribution in [0.3, 0.4) is 0 Å². The number of rotatable bonds is 4. The fourth-order valence-corrected chi connectivity index (χ4v) is 2.73. The Kier molecular flexibility index (Phi) is 3.80. The molecule has 1 unspecified atom stereocenters. The maximum atomic E-state index is 12.2. The summed E-state index contributed by atoms with van der Waals surface area (Å²) in [4.78, 5) is 13.7. The van der Waals surface area contributed by atoms with Gasteiger partial charge in [0.1, 0.15) is 15.9 Å². The minimum atomic E-state index is -3.04. The topological polar surface area (TPSA) is 66.5 Å². The van der Waals surface area contributed by atoms with Crippen LogP contribution in [0, 0.1) is 0 Å². The van der Waals surface area contributed by atoms with Gasteiger partial charge < -0.3 is 10.2 Å². The zero-order valence-electron chi connectivity index (χ0n) is 11.1. The molecule has 1 aromatic rings. The number of amides is 1. The largest absolute Gasteiger partial charge is 0.373 e. The summed E-state index contributed by atoms with van der Waals surface area (Å²) in [6, 6.07) is 7.51. The van der Waals surface area contributed by atoms with Crippen molar-refractivity contribution in [2.75, 3.05) is 30.9 Å². The number of fused-ring (bicyclic) bond motifs is 1. The highest BCUT2D eigenvalue weighted by atomic mass is 32.2. The number of nitrogens with zero attached hydrogens (tertiary/aromatic N) is 1. The molecule has 1 aliphatic heterocycles. The van der Waals surface area contributed by atoms with Crippen LogP contribution in [0.2, 0.25) is 0 Å². The second-order valence-electron chi connectivity index (χ2n) is 4.95. The third-order valence-corrected chi connectivity index (χ3v) is 4.17. The Labute approximate surface area is 113 Å². The highest BCUT2D eigenvalue weighted by Crippen LogP contribution is 2.25. The van der Waals surface area contributed by atoms with Crippen LogP contribution >= 0.6 is 0 Å². The lowest BCUT2D eigenvalue weighted by Gasteiger charge is -2.21. The number of benzene rings is 1. The number of anilines is 1. The lowest BCUT2D eigenvalue weighted by Crippen LogP contribution is -2.41. The summed E-state index contributed by atoms with van der Waals surface area (Å²) in [7, 11) is -1.41. The number of hydrogen-bond donors (Lipinski definition) is 1. The van der Waals surface area contributed by atoms with Gasteiger partial charge in [-0.05, 0) is 11.6 Å². The van der Waals surface area contributed by atoms with Crippen molar-refractivity contribution in [1.82, 2.24) is 4.90 Å².